The van der Waals surface area contributed by atoms with Crippen LogP contribution in [0.4, 0.5) is 0 Å². The first-order chi connectivity index (χ1) is 8.06. The van der Waals surface area contributed by atoms with Gasteiger partial charge in [-0.25, -0.2) is 0 Å². The molecule has 0 heterocycles. The van der Waals surface area contributed by atoms with Crippen molar-refractivity contribution in [2.75, 3.05) is 6.16 Å². The summed E-state index contributed by atoms with van der Waals surface area (Å²) in [5.41, 5.74) is 0. The van der Waals surface area contributed by atoms with Gasteiger partial charge in [-0.1, -0.05) is 71.1 Å². The molecule has 0 fully saturated rings. The van der Waals surface area contributed by atoms with Gasteiger partial charge < -0.3 is 9.79 Å². The maximum absolute atomic E-state index is 10.6. The Kier molecular flexibility index (Phi) is 11.4. The first-order valence-corrected chi connectivity index (χ1v) is 8.90. The van der Waals surface area contributed by atoms with E-state index in [4.69, 9.17) is 9.79 Å². The third-order valence-electron chi connectivity index (χ3n) is 3.05. The molecule has 0 saturated carbocycles. The number of unbranched alkanes of at least 4 members (excludes halogenated alkanes) is 10. The maximum atomic E-state index is 10.6. The molecule has 4 heteroatoms. The summed E-state index contributed by atoms with van der Waals surface area (Å²) in [5, 5.41) is 0. The minimum absolute atomic E-state index is 0.0595. The minimum Gasteiger partial charge on any atom is -0.324 e. The van der Waals surface area contributed by atoms with E-state index in [2.05, 4.69) is 6.92 Å². The Bertz CT molecular complexity index is 201. The van der Waals surface area contributed by atoms with E-state index in [1.165, 1.54) is 51.4 Å². The Balaban J connectivity index is 3.01. The molecule has 3 nitrogen and oxygen atoms in total. The summed E-state index contributed by atoms with van der Waals surface area (Å²) in [4.78, 5) is 17.3. The lowest BCUT2D eigenvalue weighted by Crippen LogP contribution is -1.88. The van der Waals surface area contributed by atoms with Crippen molar-refractivity contribution in [3.8, 4) is 0 Å². The van der Waals surface area contributed by atoms with Crippen LogP contribution in [0.5, 0.6) is 0 Å². The van der Waals surface area contributed by atoms with Gasteiger partial charge in [0.05, 0.1) is 0 Å². The zero-order chi connectivity index (χ0) is 13.0. The summed E-state index contributed by atoms with van der Waals surface area (Å²) in [5.74, 6) is 0. The molecular formula is C13H29O3P. The van der Waals surface area contributed by atoms with Crippen LogP contribution in [0.25, 0.3) is 0 Å². The number of hydrogen-bond acceptors (Lipinski definition) is 1. The number of rotatable bonds is 12. The van der Waals surface area contributed by atoms with Crippen LogP contribution in [-0.2, 0) is 4.57 Å². The Hall–Kier alpha value is 0.150. The summed E-state index contributed by atoms with van der Waals surface area (Å²) in [6.45, 7) is 2.23. The van der Waals surface area contributed by atoms with Crippen LogP contribution < -0.4 is 0 Å². The average Bonchev–Trinajstić information content (AvgIpc) is 2.24. The first-order valence-electron chi connectivity index (χ1n) is 7.11. The highest BCUT2D eigenvalue weighted by atomic mass is 31.2. The quantitative estimate of drug-likeness (QED) is 0.404. The fourth-order valence-electron chi connectivity index (χ4n) is 1.98. The Labute approximate surface area is 106 Å². The third-order valence-corrected chi connectivity index (χ3v) is 3.95. The van der Waals surface area contributed by atoms with Crippen LogP contribution in [0.1, 0.15) is 77.6 Å². The smallest absolute Gasteiger partial charge is 0.324 e. The molecule has 17 heavy (non-hydrogen) atoms. The minimum atomic E-state index is -3.74. The van der Waals surface area contributed by atoms with Crippen LogP contribution in [-0.4, -0.2) is 15.9 Å². The van der Waals surface area contributed by atoms with Crippen molar-refractivity contribution < 1.29 is 14.4 Å². The molecule has 0 aliphatic rings. The normalized spacial score (nSPS) is 11.9. The summed E-state index contributed by atoms with van der Waals surface area (Å²) in [6, 6.07) is 0. The summed E-state index contributed by atoms with van der Waals surface area (Å²) < 4.78 is 10.6. The lowest BCUT2D eigenvalue weighted by Gasteiger charge is -2.04. The molecule has 0 saturated heterocycles. The van der Waals surface area contributed by atoms with Crippen molar-refractivity contribution in [1.29, 1.82) is 0 Å². The molecule has 0 rings (SSSR count). The van der Waals surface area contributed by atoms with E-state index in [1.807, 2.05) is 0 Å². The molecule has 0 aromatic rings. The molecular weight excluding hydrogens is 235 g/mol. The van der Waals surface area contributed by atoms with Gasteiger partial charge in [-0.3, -0.25) is 4.57 Å². The van der Waals surface area contributed by atoms with Crippen molar-refractivity contribution in [2.45, 2.75) is 77.6 Å². The van der Waals surface area contributed by atoms with Gasteiger partial charge in [-0.2, -0.15) is 0 Å². The molecule has 104 valence electrons. The molecule has 0 aliphatic heterocycles. The largest absolute Gasteiger partial charge is 0.325 e. The lowest BCUT2D eigenvalue weighted by atomic mass is 10.1. The van der Waals surface area contributed by atoms with E-state index >= 15 is 0 Å². The zero-order valence-electron chi connectivity index (χ0n) is 11.2. The summed E-state index contributed by atoms with van der Waals surface area (Å²) in [6.07, 6.45) is 13.4. The van der Waals surface area contributed by atoms with Gasteiger partial charge in [-0.05, 0) is 6.42 Å². The Morgan fingerprint density at radius 3 is 1.41 bits per heavy atom. The molecule has 0 amide bonds. The monoisotopic (exact) mass is 264 g/mol. The highest BCUT2D eigenvalue weighted by Crippen LogP contribution is 2.35. The van der Waals surface area contributed by atoms with E-state index in [0.717, 1.165) is 12.8 Å². The van der Waals surface area contributed by atoms with Crippen LogP contribution >= 0.6 is 7.60 Å². The molecule has 0 unspecified atom stereocenters. The van der Waals surface area contributed by atoms with Crippen molar-refractivity contribution >= 4 is 7.60 Å². The highest BCUT2D eigenvalue weighted by molar-refractivity contribution is 7.51. The average molecular weight is 264 g/mol. The van der Waals surface area contributed by atoms with Gasteiger partial charge in [0.1, 0.15) is 0 Å². The Morgan fingerprint density at radius 2 is 1.06 bits per heavy atom. The SMILES string of the molecule is CCCCCCCCCCCCCP(=O)(O)O. The molecule has 0 aliphatic carbocycles. The molecule has 2 N–H and O–H groups in total. The second-order valence-corrected chi connectivity index (χ2v) is 6.70. The highest BCUT2D eigenvalue weighted by Gasteiger charge is 2.10. The maximum Gasteiger partial charge on any atom is 0.325 e. The second-order valence-electron chi connectivity index (χ2n) is 4.92. The zero-order valence-corrected chi connectivity index (χ0v) is 12.1. The lowest BCUT2D eigenvalue weighted by molar-refractivity contribution is 0.370. The van der Waals surface area contributed by atoms with Gasteiger partial charge in [0, 0.05) is 6.16 Å². The standard InChI is InChI=1S/C13H29O3P/c1-2-3-4-5-6-7-8-9-10-11-12-13-17(14,15)16/h2-13H2,1H3,(H2,14,15,16). The molecule has 0 aromatic carbocycles. The van der Waals surface area contributed by atoms with E-state index in [1.54, 1.807) is 0 Å². The molecule has 0 atom stereocenters. The van der Waals surface area contributed by atoms with E-state index in [0.29, 0.717) is 6.42 Å². The predicted molar refractivity (Wildman–Crippen MR) is 73.4 cm³/mol. The van der Waals surface area contributed by atoms with Crippen molar-refractivity contribution in [1.82, 2.24) is 0 Å². The van der Waals surface area contributed by atoms with Gasteiger partial charge in [0.2, 0.25) is 0 Å². The van der Waals surface area contributed by atoms with Gasteiger partial charge in [-0.15, -0.1) is 0 Å². The van der Waals surface area contributed by atoms with Gasteiger partial charge >= 0.3 is 7.60 Å². The second kappa shape index (κ2) is 11.3. The molecule has 0 aromatic heterocycles. The number of hydrogen-bond donors (Lipinski definition) is 2. The molecule has 0 bridgehead atoms. The van der Waals surface area contributed by atoms with Crippen LogP contribution in [0.3, 0.4) is 0 Å². The predicted octanol–water partition coefficient (Wildman–Crippen LogP) is 4.48. The van der Waals surface area contributed by atoms with E-state index < -0.39 is 7.60 Å². The first kappa shape index (κ1) is 17.2. The summed E-state index contributed by atoms with van der Waals surface area (Å²) >= 11 is 0. The topological polar surface area (TPSA) is 57.5 Å². The Morgan fingerprint density at radius 1 is 0.706 bits per heavy atom. The fourth-order valence-corrected chi connectivity index (χ4v) is 2.62. The van der Waals surface area contributed by atoms with Crippen molar-refractivity contribution in [3.63, 3.8) is 0 Å². The van der Waals surface area contributed by atoms with E-state index in [-0.39, 0.29) is 6.16 Å². The van der Waals surface area contributed by atoms with Crippen LogP contribution in [0, 0.1) is 0 Å². The van der Waals surface area contributed by atoms with Gasteiger partial charge in [0.15, 0.2) is 0 Å². The van der Waals surface area contributed by atoms with Crippen LogP contribution in [0.15, 0.2) is 0 Å². The van der Waals surface area contributed by atoms with Crippen molar-refractivity contribution in [2.24, 2.45) is 0 Å². The molecule has 0 radical (unpaired) electrons. The van der Waals surface area contributed by atoms with E-state index in [9.17, 15) is 4.57 Å². The fraction of sp³-hybridized carbons (Fsp3) is 1.00. The summed E-state index contributed by atoms with van der Waals surface area (Å²) in [7, 11) is -3.74. The third kappa shape index (κ3) is 16.1. The molecule has 0 spiro atoms. The van der Waals surface area contributed by atoms with Gasteiger partial charge in [0.25, 0.3) is 0 Å². The van der Waals surface area contributed by atoms with Crippen molar-refractivity contribution in [3.05, 3.63) is 0 Å². The van der Waals surface area contributed by atoms with Crippen LogP contribution in [0.2, 0.25) is 0 Å².